The van der Waals surface area contributed by atoms with Gasteiger partial charge in [-0.15, -0.1) is 0 Å². The second-order valence-corrected chi connectivity index (χ2v) is 11.7. The Balaban J connectivity index is 1.22. The molecule has 38 heavy (non-hydrogen) atoms. The summed E-state index contributed by atoms with van der Waals surface area (Å²) in [5.41, 5.74) is 1.96. The SMILES string of the molecule is Cc1cc(C(=O)N2CCN(CC3C=C(Cl)C(F)=CC3)CC2)ccc1NS(=O)(=O)c1cccc2cccnc12. The Bertz CT molecular complexity index is 1540. The molecule has 3 aromatic rings. The topological polar surface area (TPSA) is 82.6 Å². The fourth-order valence-corrected chi connectivity index (χ4v) is 6.45. The van der Waals surface area contributed by atoms with Crippen LogP contribution >= 0.6 is 11.6 Å². The van der Waals surface area contributed by atoms with Gasteiger partial charge in [0.15, 0.2) is 0 Å². The van der Waals surface area contributed by atoms with Gasteiger partial charge >= 0.3 is 0 Å². The van der Waals surface area contributed by atoms with Crippen LogP contribution in [-0.2, 0) is 10.0 Å². The molecule has 0 saturated carbocycles. The Hall–Kier alpha value is -3.27. The van der Waals surface area contributed by atoms with E-state index >= 15 is 0 Å². The summed E-state index contributed by atoms with van der Waals surface area (Å²) in [7, 11) is -3.89. The molecule has 10 heteroatoms. The number of rotatable bonds is 6. The molecule has 1 aliphatic heterocycles. The van der Waals surface area contributed by atoms with Crippen LogP contribution in [0.4, 0.5) is 10.1 Å². The molecule has 1 fully saturated rings. The van der Waals surface area contributed by atoms with Crippen molar-refractivity contribution in [2.24, 2.45) is 5.92 Å². The van der Waals surface area contributed by atoms with Crippen LogP contribution in [0.2, 0.25) is 0 Å². The molecule has 1 unspecified atom stereocenters. The van der Waals surface area contributed by atoms with Crippen molar-refractivity contribution in [3.05, 3.63) is 88.9 Å². The maximum absolute atomic E-state index is 13.5. The quantitative estimate of drug-likeness (QED) is 0.458. The number of aryl methyl sites for hydroxylation is 1. The molecule has 1 N–H and O–H groups in total. The fourth-order valence-electron chi connectivity index (χ4n) is 4.89. The van der Waals surface area contributed by atoms with Crippen LogP contribution in [0, 0.1) is 12.8 Å². The first-order valence-corrected chi connectivity index (χ1v) is 14.3. The zero-order chi connectivity index (χ0) is 26.9. The highest BCUT2D eigenvalue weighted by atomic mass is 35.5. The van der Waals surface area contributed by atoms with E-state index in [9.17, 15) is 17.6 Å². The molecule has 1 saturated heterocycles. The largest absolute Gasteiger partial charge is 0.336 e. The number of aromatic nitrogens is 1. The Morgan fingerprint density at radius 2 is 1.89 bits per heavy atom. The number of anilines is 1. The molecule has 1 amide bonds. The molecule has 2 aromatic carbocycles. The standard InChI is InChI=1S/C28H28ClFN4O3S/c1-19-16-22(28(35)34-14-12-33(13-15-34)18-20-7-9-24(30)23(29)17-20)8-10-25(19)32-38(36,37)26-6-2-4-21-5-3-11-31-27(21)26/h2-6,8-11,16-17,20,32H,7,12-15,18H2,1H3. The number of para-hydroxylation sites is 1. The highest BCUT2D eigenvalue weighted by Gasteiger charge is 2.25. The number of carbonyl (C=O) groups excluding carboxylic acids is 1. The van der Waals surface area contributed by atoms with Gasteiger partial charge in [0.25, 0.3) is 15.9 Å². The minimum atomic E-state index is -3.89. The lowest BCUT2D eigenvalue weighted by molar-refractivity contribution is 0.0625. The van der Waals surface area contributed by atoms with E-state index in [4.69, 9.17) is 11.6 Å². The van der Waals surface area contributed by atoms with Gasteiger partial charge in [-0.25, -0.2) is 12.8 Å². The molecule has 1 aromatic heterocycles. The third kappa shape index (κ3) is 5.60. The Kier molecular flexibility index (Phi) is 7.52. The van der Waals surface area contributed by atoms with Crippen LogP contribution in [-0.4, -0.2) is 61.8 Å². The summed E-state index contributed by atoms with van der Waals surface area (Å²) < 4.78 is 42.5. The minimum Gasteiger partial charge on any atom is -0.336 e. The number of hydrogen-bond donors (Lipinski definition) is 1. The lowest BCUT2D eigenvalue weighted by atomic mass is 9.99. The van der Waals surface area contributed by atoms with Crippen molar-refractivity contribution in [1.82, 2.24) is 14.8 Å². The van der Waals surface area contributed by atoms with Crippen LogP contribution in [0.1, 0.15) is 22.3 Å². The van der Waals surface area contributed by atoms with E-state index < -0.39 is 10.0 Å². The number of benzene rings is 2. The summed E-state index contributed by atoms with van der Waals surface area (Å²) in [6.07, 6.45) is 5.48. The van der Waals surface area contributed by atoms with Gasteiger partial charge in [-0.2, -0.15) is 0 Å². The van der Waals surface area contributed by atoms with Crippen molar-refractivity contribution in [1.29, 1.82) is 0 Å². The molecule has 0 radical (unpaired) electrons. The summed E-state index contributed by atoms with van der Waals surface area (Å²) in [5.74, 6) is -0.295. The van der Waals surface area contributed by atoms with Crippen LogP contribution < -0.4 is 4.72 Å². The van der Waals surface area contributed by atoms with Crippen LogP contribution in [0.3, 0.4) is 0 Å². The average molecular weight is 555 g/mol. The van der Waals surface area contributed by atoms with Crippen molar-refractivity contribution in [2.75, 3.05) is 37.4 Å². The maximum Gasteiger partial charge on any atom is 0.264 e. The summed E-state index contributed by atoms with van der Waals surface area (Å²) in [6, 6.07) is 13.6. The van der Waals surface area contributed by atoms with E-state index in [1.165, 1.54) is 12.1 Å². The third-order valence-electron chi connectivity index (χ3n) is 6.97. The van der Waals surface area contributed by atoms with E-state index in [1.54, 1.807) is 54.4 Å². The summed E-state index contributed by atoms with van der Waals surface area (Å²) in [4.78, 5) is 21.6. The molecule has 0 spiro atoms. The van der Waals surface area contributed by atoms with Crippen molar-refractivity contribution in [3.63, 3.8) is 0 Å². The van der Waals surface area contributed by atoms with Gasteiger partial charge in [-0.1, -0.05) is 35.9 Å². The molecule has 5 rings (SSSR count). The molecule has 1 aliphatic carbocycles. The Morgan fingerprint density at radius 1 is 1.13 bits per heavy atom. The number of fused-ring (bicyclic) bond motifs is 1. The van der Waals surface area contributed by atoms with E-state index in [-0.39, 0.29) is 27.6 Å². The van der Waals surface area contributed by atoms with Gasteiger partial charge in [0, 0.05) is 49.9 Å². The lowest BCUT2D eigenvalue weighted by Gasteiger charge is -2.36. The van der Waals surface area contributed by atoms with Crippen molar-refractivity contribution >= 4 is 44.1 Å². The van der Waals surface area contributed by atoms with Crippen LogP contribution in [0.15, 0.2) is 82.6 Å². The van der Waals surface area contributed by atoms with Gasteiger partial charge in [0.1, 0.15) is 10.7 Å². The number of hydrogen-bond acceptors (Lipinski definition) is 5. The number of carbonyl (C=O) groups is 1. The van der Waals surface area contributed by atoms with Gasteiger partial charge in [0.2, 0.25) is 0 Å². The zero-order valence-electron chi connectivity index (χ0n) is 20.9. The second kappa shape index (κ2) is 10.8. The first kappa shape index (κ1) is 26.3. The molecule has 198 valence electrons. The number of sulfonamides is 1. The van der Waals surface area contributed by atoms with Gasteiger partial charge in [0.05, 0.1) is 16.2 Å². The van der Waals surface area contributed by atoms with Gasteiger partial charge in [-0.3, -0.25) is 19.4 Å². The predicted octanol–water partition coefficient (Wildman–Crippen LogP) is 5.10. The lowest BCUT2D eigenvalue weighted by Crippen LogP contribution is -2.49. The average Bonchev–Trinajstić information content (AvgIpc) is 2.91. The molecule has 2 aliphatic rings. The summed E-state index contributed by atoms with van der Waals surface area (Å²) in [6.45, 7) is 5.13. The minimum absolute atomic E-state index is 0.0916. The number of nitrogens with one attached hydrogen (secondary N) is 1. The van der Waals surface area contributed by atoms with Gasteiger partial charge in [-0.05, 0) is 61.2 Å². The third-order valence-corrected chi connectivity index (χ3v) is 8.67. The van der Waals surface area contributed by atoms with E-state index in [1.807, 2.05) is 12.1 Å². The number of pyridine rings is 1. The normalized spacial score (nSPS) is 18.7. The van der Waals surface area contributed by atoms with E-state index in [0.29, 0.717) is 41.8 Å². The zero-order valence-corrected chi connectivity index (χ0v) is 22.5. The van der Waals surface area contributed by atoms with Crippen LogP contribution in [0.25, 0.3) is 10.9 Å². The van der Waals surface area contributed by atoms with Crippen molar-refractivity contribution < 1.29 is 17.6 Å². The van der Waals surface area contributed by atoms with Crippen LogP contribution in [0.5, 0.6) is 0 Å². The number of halogens is 2. The maximum atomic E-state index is 13.5. The molecule has 0 bridgehead atoms. The van der Waals surface area contributed by atoms with Crippen molar-refractivity contribution in [3.8, 4) is 0 Å². The Morgan fingerprint density at radius 3 is 2.63 bits per heavy atom. The fraction of sp³-hybridized carbons (Fsp3) is 0.286. The van der Waals surface area contributed by atoms with Crippen molar-refractivity contribution in [2.45, 2.75) is 18.2 Å². The molecule has 2 heterocycles. The first-order chi connectivity index (χ1) is 18.2. The first-order valence-electron chi connectivity index (χ1n) is 12.4. The van der Waals surface area contributed by atoms with Gasteiger partial charge < -0.3 is 4.90 Å². The molecule has 1 atom stereocenters. The monoisotopic (exact) mass is 554 g/mol. The number of amides is 1. The number of allylic oxidation sites excluding steroid dienone is 3. The number of piperazine rings is 1. The summed E-state index contributed by atoms with van der Waals surface area (Å²) >= 11 is 5.93. The van der Waals surface area contributed by atoms with E-state index in [0.717, 1.165) is 25.0 Å². The Labute approximate surface area is 226 Å². The second-order valence-electron chi connectivity index (χ2n) is 9.62. The molecule has 7 nitrogen and oxygen atoms in total. The predicted molar refractivity (Wildman–Crippen MR) is 147 cm³/mol. The number of nitrogens with zero attached hydrogens (tertiary/aromatic N) is 3. The molecular formula is C28H28ClFN4O3S. The summed E-state index contributed by atoms with van der Waals surface area (Å²) in [5, 5.41) is 0.905. The molecular weight excluding hydrogens is 527 g/mol. The highest BCUT2D eigenvalue weighted by molar-refractivity contribution is 7.93. The highest BCUT2D eigenvalue weighted by Crippen LogP contribution is 2.28. The smallest absolute Gasteiger partial charge is 0.264 e. The van der Waals surface area contributed by atoms with E-state index in [2.05, 4.69) is 14.6 Å².